The minimum atomic E-state index is -0.429. The third-order valence-electron chi connectivity index (χ3n) is 2.82. The Balaban J connectivity index is 0.000000141. The van der Waals surface area contributed by atoms with E-state index in [0.29, 0.717) is 29.9 Å². The van der Waals surface area contributed by atoms with Crippen molar-refractivity contribution in [2.75, 3.05) is 13.2 Å². The Labute approximate surface area is 110 Å². The first-order valence-corrected chi connectivity index (χ1v) is 5.91. The van der Waals surface area contributed by atoms with E-state index >= 15 is 0 Å². The van der Waals surface area contributed by atoms with Crippen LogP contribution in [0.3, 0.4) is 0 Å². The number of hydrogen-bond donors (Lipinski definition) is 0. The molecule has 0 aromatic rings. The molecule has 0 amide bonds. The lowest BCUT2D eigenvalue weighted by Crippen LogP contribution is -2.09. The van der Waals surface area contributed by atoms with Gasteiger partial charge in [0.1, 0.15) is 12.7 Å². The maximum Gasteiger partial charge on any atom is 0.342 e. The average Bonchev–Trinajstić information content (AvgIpc) is 3.04. The van der Waals surface area contributed by atoms with Gasteiger partial charge in [-0.15, -0.1) is 0 Å². The van der Waals surface area contributed by atoms with Gasteiger partial charge in [-0.25, -0.2) is 14.4 Å². The predicted octanol–water partition coefficient (Wildman–Crippen LogP) is 0.665. The van der Waals surface area contributed by atoms with Crippen LogP contribution in [0.2, 0.25) is 0 Å². The van der Waals surface area contributed by atoms with Crippen LogP contribution in [0.1, 0.15) is 19.8 Å². The largest absolute Gasteiger partial charge is 0.459 e. The van der Waals surface area contributed by atoms with Crippen LogP contribution in [0.25, 0.3) is 0 Å². The minimum Gasteiger partial charge on any atom is -0.459 e. The summed E-state index contributed by atoms with van der Waals surface area (Å²) in [6.45, 7) is 6.14. The van der Waals surface area contributed by atoms with Crippen molar-refractivity contribution in [1.82, 2.24) is 0 Å². The van der Waals surface area contributed by atoms with Crippen LogP contribution >= 0.6 is 0 Å². The van der Waals surface area contributed by atoms with Crippen LogP contribution in [-0.4, -0.2) is 37.2 Å². The van der Waals surface area contributed by atoms with Crippen molar-refractivity contribution < 1.29 is 28.6 Å². The summed E-state index contributed by atoms with van der Waals surface area (Å²) in [7, 11) is 0. The van der Waals surface area contributed by atoms with Crippen LogP contribution in [0, 0.1) is 0 Å². The fraction of sp³-hybridized carbons (Fsp3) is 0.462. The van der Waals surface area contributed by atoms with E-state index in [0.717, 1.165) is 12.8 Å². The predicted molar refractivity (Wildman–Crippen MR) is 62.9 cm³/mol. The van der Waals surface area contributed by atoms with Crippen molar-refractivity contribution in [3.05, 3.63) is 23.3 Å². The van der Waals surface area contributed by atoms with E-state index in [9.17, 15) is 14.4 Å². The molecular weight excluding hydrogens is 252 g/mol. The Kier molecular flexibility index (Phi) is 3.80. The van der Waals surface area contributed by atoms with Gasteiger partial charge in [-0.05, 0) is 19.8 Å². The molecule has 1 atom stereocenters. The minimum absolute atomic E-state index is 0.142. The first-order chi connectivity index (χ1) is 8.99. The molecule has 2 aliphatic heterocycles. The molecule has 0 aromatic heterocycles. The maximum atomic E-state index is 10.7. The van der Waals surface area contributed by atoms with Gasteiger partial charge in [0.2, 0.25) is 0 Å². The van der Waals surface area contributed by atoms with Gasteiger partial charge in [0.05, 0.1) is 6.61 Å². The van der Waals surface area contributed by atoms with E-state index in [2.05, 4.69) is 11.3 Å². The molecule has 6 heteroatoms. The molecular formula is C13H14O6. The molecule has 2 heterocycles. The second-order valence-corrected chi connectivity index (χ2v) is 4.47. The molecule has 102 valence electrons. The van der Waals surface area contributed by atoms with E-state index in [-0.39, 0.29) is 12.1 Å². The average molecular weight is 266 g/mol. The molecule has 6 nitrogen and oxygen atoms in total. The van der Waals surface area contributed by atoms with Crippen molar-refractivity contribution in [2.24, 2.45) is 0 Å². The zero-order valence-corrected chi connectivity index (χ0v) is 10.6. The zero-order chi connectivity index (χ0) is 14.0. The van der Waals surface area contributed by atoms with Crippen LogP contribution in [0.4, 0.5) is 0 Å². The highest BCUT2D eigenvalue weighted by atomic mass is 16.6. The molecule has 0 N–H and O–H groups in total. The monoisotopic (exact) mass is 266 g/mol. The summed E-state index contributed by atoms with van der Waals surface area (Å²) in [5.41, 5.74) is 1.63. The number of esters is 3. The highest BCUT2D eigenvalue weighted by Gasteiger charge is 2.38. The number of carbonyl (C=O) groups excluding carboxylic acids is 3. The van der Waals surface area contributed by atoms with Gasteiger partial charge in [-0.1, -0.05) is 6.58 Å². The van der Waals surface area contributed by atoms with Crippen molar-refractivity contribution >= 4 is 17.9 Å². The summed E-state index contributed by atoms with van der Waals surface area (Å²) in [6.07, 6.45) is 1.59. The lowest BCUT2D eigenvalue weighted by atomic mass is 9.91. The van der Waals surface area contributed by atoms with Gasteiger partial charge in [0.25, 0.3) is 0 Å². The quantitative estimate of drug-likeness (QED) is 0.323. The van der Waals surface area contributed by atoms with Crippen LogP contribution in [0.5, 0.6) is 0 Å². The molecule has 0 radical (unpaired) electrons. The summed E-state index contributed by atoms with van der Waals surface area (Å²) >= 11 is 0. The SMILES string of the molecule is C=C(C)C(=O)OCC1CO1.O=C1OC(=O)C2=C1CC2. The number of epoxide rings is 1. The lowest BCUT2D eigenvalue weighted by Gasteiger charge is -2.07. The lowest BCUT2D eigenvalue weighted by molar-refractivity contribution is -0.150. The first-order valence-electron chi connectivity index (χ1n) is 5.91. The van der Waals surface area contributed by atoms with Crippen LogP contribution < -0.4 is 0 Å². The Bertz CT molecular complexity index is 459. The van der Waals surface area contributed by atoms with Gasteiger partial charge >= 0.3 is 17.9 Å². The van der Waals surface area contributed by atoms with Crippen molar-refractivity contribution in [3.63, 3.8) is 0 Å². The molecule has 1 fully saturated rings. The molecule has 0 bridgehead atoms. The molecule has 1 aliphatic carbocycles. The molecule has 19 heavy (non-hydrogen) atoms. The summed E-state index contributed by atoms with van der Waals surface area (Å²) < 4.78 is 13.9. The highest BCUT2D eigenvalue weighted by molar-refractivity contribution is 6.14. The van der Waals surface area contributed by atoms with Crippen LogP contribution in [0.15, 0.2) is 23.3 Å². The fourth-order valence-corrected chi connectivity index (χ4v) is 1.49. The van der Waals surface area contributed by atoms with Crippen molar-refractivity contribution in [1.29, 1.82) is 0 Å². The Morgan fingerprint density at radius 1 is 1.32 bits per heavy atom. The summed E-state index contributed by atoms with van der Waals surface area (Å²) in [5, 5.41) is 0. The Morgan fingerprint density at radius 3 is 2.16 bits per heavy atom. The van der Waals surface area contributed by atoms with Gasteiger partial charge in [-0.2, -0.15) is 0 Å². The third-order valence-corrected chi connectivity index (χ3v) is 2.82. The van der Waals surface area contributed by atoms with E-state index in [4.69, 9.17) is 9.47 Å². The normalized spacial score (nSPS) is 22.7. The van der Waals surface area contributed by atoms with E-state index in [1.165, 1.54) is 0 Å². The van der Waals surface area contributed by atoms with Crippen molar-refractivity contribution in [2.45, 2.75) is 25.9 Å². The van der Waals surface area contributed by atoms with E-state index in [1.807, 2.05) is 0 Å². The molecule has 3 rings (SSSR count). The topological polar surface area (TPSA) is 82.2 Å². The van der Waals surface area contributed by atoms with Crippen molar-refractivity contribution in [3.8, 4) is 0 Å². The Morgan fingerprint density at radius 2 is 1.84 bits per heavy atom. The van der Waals surface area contributed by atoms with Crippen LogP contribution in [-0.2, 0) is 28.6 Å². The fourth-order valence-electron chi connectivity index (χ4n) is 1.49. The summed E-state index contributed by atoms with van der Waals surface area (Å²) in [4.78, 5) is 31.8. The van der Waals surface area contributed by atoms with Gasteiger partial charge in [0, 0.05) is 16.7 Å². The smallest absolute Gasteiger partial charge is 0.342 e. The van der Waals surface area contributed by atoms with Gasteiger partial charge in [0.15, 0.2) is 0 Å². The highest BCUT2D eigenvalue weighted by Crippen LogP contribution is 2.34. The van der Waals surface area contributed by atoms with Gasteiger partial charge in [-0.3, -0.25) is 0 Å². The zero-order valence-electron chi connectivity index (χ0n) is 10.6. The molecule has 0 aromatic carbocycles. The standard InChI is InChI=1S/C7H10O3.C6H4O3/c1-5(2)7(8)10-4-6-3-9-6;7-5-3-1-2-4(3)6(8)9-5/h6H,1,3-4H2,2H3;1-2H2. The van der Waals surface area contributed by atoms with Gasteiger partial charge < -0.3 is 14.2 Å². The summed E-state index contributed by atoms with van der Waals surface area (Å²) in [5.74, 6) is -1.20. The number of cyclic esters (lactones) is 2. The molecule has 1 unspecified atom stereocenters. The van der Waals surface area contributed by atoms with E-state index in [1.54, 1.807) is 6.92 Å². The van der Waals surface area contributed by atoms with E-state index < -0.39 is 11.9 Å². The summed E-state index contributed by atoms with van der Waals surface area (Å²) in [6, 6.07) is 0. The maximum absolute atomic E-state index is 10.7. The second-order valence-electron chi connectivity index (χ2n) is 4.47. The first kappa shape index (κ1) is 13.5. The number of hydrogen-bond acceptors (Lipinski definition) is 6. The molecule has 1 saturated heterocycles. The molecule has 3 aliphatic rings. The third kappa shape index (κ3) is 3.29. The molecule has 0 spiro atoms. The Hall–Kier alpha value is -1.95. The number of rotatable bonds is 3. The number of carbonyl (C=O) groups is 3. The molecule has 0 saturated carbocycles. The number of ether oxygens (including phenoxy) is 3. The second kappa shape index (κ2) is 5.36.